The number of esters is 1. The number of carbonyl (C=O) groups is 1. The number of hydrogen-bond donors (Lipinski definition) is 1. The van der Waals surface area contributed by atoms with Gasteiger partial charge in [0.15, 0.2) is 0 Å². The van der Waals surface area contributed by atoms with Gasteiger partial charge in [0.25, 0.3) is 0 Å². The molecular formula is C10H13NO2S. The second-order valence-corrected chi connectivity index (χ2v) is 4.75. The Hall–Kier alpha value is -0.870. The Morgan fingerprint density at radius 1 is 1.57 bits per heavy atom. The maximum absolute atomic E-state index is 11.2. The largest absolute Gasteiger partial charge is 0.465 e. The Morgan fingerprint density at radius 3 is 2.79 bits per heavy atom. The quantitative estimate of drug-likeness (QED) is 0.760. The molecule has 0 bridgehead atoms. The predicted octanol–water partition coefficient (Wildman–Crippen LogP) is 1.87. The van der Waals surface area contributed by atoms with Crippen molar-refractivity contribution in [2.75, 3.05) is 7.11 Å². The molecule has 2 rings (SSSR count). The van der Waals surface area contributed by atoms with E-state index in [1.807, 2.05) is 6.07 Å². The van der Waals surface area contributed by atoms with Crippen LogP contribution in [0, 0.1) is 0 Å². The van der Waals surface area contributed by atoms with E-state index in [-0.39, 0.29) is 11.5 Å². The summed E-state index contributed by atoms with van der Waals surface area (Å²) in [6, 6.07) is 3.73. The van der Waals surface area contributed by atoms with Crippen LogP contribution in [0.4, 0.5) is 0 Å². The van der Waals surface area contributed by atoms with Crippen LogP contribution >= 0.6 is 11.3 Å². The van der Waals surface area contributed by atoms with Crippen molar-refractivity contribution in [1.82, 2.24) is 0 Å². The van der Waals surface area contributed by atoms with Crippen LogP contribution in [0.5, 0.6) is 0 Å². The van der Waals surface area contributed by atoms with Gasteiger partial charge in [-0.15, -0.1) is 11.3 Å². The number of thiophene rings is 1. The van der Waals surface area contributed by atoms with Gasteiger partial charge in [-0.2, -0.15) is 0 Å². The molecule has 1 aliphatic carbocycles. The highest BCUT2D eigenvalue weighted by Crippen LogP contribution is 2.41. The molecule has 2 N–H and O–H groups in total. The van der Waals surface area contributed by atoms with Gasteiger partial charge in [0.05, 0.1) is 12.6 Å². The molecule has 1 aromatic rings. The van der Waals surface area contributed by atoms with Crippen molar-refractivity contribution in [3.05, 3.63) is 21.9 Å². The second kappa shape index (κ2) is 3.37. The lowest BCUT2D eigenvalue weighted by atomic mass is 9.77. The van der Waals surface area contributed by atoms with E-state index < -0.39 is 0 Å². The number of nitrogens with two attached hydrogens (primary N) is 1. The van der Waals surface area contributed by atoms with E-state index in [2.05, 4.69) is 4.74 Å². The molecule has 0 saturated heterocycles. The second-order valence-electron chi connectivity index (χ2n) is 3.67. The van der Waals surface area contributed by atoms with Crippen LogP contribution in [0.2, 0.25) is 0 Å². The summed E-state index contributed by atoms with van der Waals surface area (Å²) in [5.41, 5.74) is 5.97. The first-order valence-corrected chi connectivity index (χ1v) is 5.45. The van der Waals surface area contributed by atoms with Crippen molar-refractivity contribution < 1.29 is 9.53 Å². The van der Waals surface area contributed by atoms with E-state index in [9.17, 15) is 4.79 Å². The minimum absolute atomic E-state index is 0.170. The number of carbonyl (C=O) groups excluding carboxylic acids is 1. The first-order valence-electron chi connectivity index (χ1n) is 4.63. The molecule has 0 radical (unpaired) electrons. The topological polar surface area (TPSA) is 52.3 Å². The lowest BCUT2D eigenvalue weighted by molar-refractivity contribution is 0.0606. The SMILES string of the molecule is COC(=O)c1ccc(C2(N)CCC2)s1. The fourth-order valence-corrected chi connectivity index (χ4v) is 2.70. The van der Waals surface area contributed by atoms with Crippen molar-refractivity contribution in [3.63, 3.8) is 0 Å². The first-order chi connectivity index (χ1) is 6.65. The molecule has 0 atom stereocenters. The normalized spacial score (nSPS) is 18.7. The third-order valence-corrected chi connectivity index (χ3v) is 4.01. The molecule has 0 amide bonds. The predicted molar refractivity (Wildman–Crippen MR) is 55.4 cm³/mol. The van der Waals surface area contributed by atoms with Gasteiger partial charge in [-0.1, -0.05) is 0 Å². The zero-order valence-electron chi connectivity index (χ0n) is 8.08. The van der Waals surface area contributed by atoms with Crippen molar-refractivity contribution in [2.24, 2.45) is 5.73 Å². The molecule has 0 aromatic carbocycles. The molecule has 1 heterocycles. The van der Waals surface area contributed by atoms with Crippen LogP contribution in [0.25, 0.3) is 0 Å². The van der Waals surface area contributed by atoms with E-state index in [4.69, 9.17) is 5.73 Å². The summed E-state index contributed by atoms with van der Waals surface area (Å²) in [5, 5.41) is 0. The molecule has 76 valence electrons. The Kier molecular flexibility index (Phi) is 2.33. The van der Waals surface area contributed by atoms with E-state index in [0.717, 1.165) is 17.7 Å². The number of hydrogen-bond acceptors (Lipinski definition) is 4. The Labute approximate surface area is 86.9 Å². The summed E-state index contributed by atoms with van der Waals surface area (Å²) in [5.74, 6) is -0.274. The molecule has 1 aliphatic rings. The van der Waals surface area contributed by atoms with Gasteiger partial charge >= 0.3 is 5.97 Å². The highest BCUT2D eigenvalue weighted by Gasteiger charge is 2.35. The molecule has 0 unspecified atom stereocenters. The zero-order chi connectivity index (χ0) is 10.2. The van der Waals surface area contributed by atoms with Crippen LogP contribution < -0.4 is 5.73 Å². The fraction of sp³-hybridized carbons (Fsp3) is 0.500. The summed E-state index contributed by atoms with van der Waals surface area (Å²) < 4.78 is 4.64. The van der Waals surface area contributed by atoms with Gasteiger partial charge in [-0.05, 0) is 31.4 Å². The maximum Gasteiger partial charge on any atom is 0.348 e. The average Bonchev–Trinajstić information content (AvgIpc) is 2.62. The zero-order valence-corrected chi connectivity index (χ0v) is 8.89. The average molecular weight is 211 g/mol. The summed E-state index contributed by atoms with van der Waals surface area (Å²) in [6.07, 6.45) is 3.23. The monoisotopic (exact) mass is 211 g/mol. The molecule has 14 heavy (non-hydrogen) atoms. The maximum atomic E-state index is 11.2. The van der Waals surface area contributed by atoms with Crippen LogP contribution in [0.1, 0.15) is 33.8 Å². The molecular weight excluding hydrogens is 198 g/mol. The third-order valence-electron chi connectivity index (χ3n) is 2.73. The van der Waals surface area contributed by atoms with Crippen LogP contribution in [0.15, 0.2) is 12.1 Å². The molecule has 1 aromatic heterocycles. The van der Waals surface area contributed by atoms with E-state index >= 15 is 0 Å². The van der Waals surface area contributed by atoms with Crippen molar-refractivity contribution in [3.8, 4) is 0 Å². The summed E-state index contributed by atoms with van der Waals surface area (Å²) >= 11 is 1.45. The number of rotatable bonds is 2. The molecule has 4 heteroatoms. The van der Waals surface area contributed by atoms with Gasteiger partial charge in [-0.25, -0.2) is 4.79 Å². The van der Waals surface area contributed by atoms with E-state index in [1.54, 1.807) is 6.07 Å². The molecule has 3 nitrogen and oxygen atoms in total. The number of ether oxygens (including phenoxy) is 1. The minimum atomic E-state index is -0.274. The smallest absolute Gasteiger partial charge is 0.348 e. The Bertz CT molecular complexity index is 355. The summed E-state index contributed by atoms with van der Waals surface area (Å²) in [6.45, 7) is 0. The van der Waals surface area contributed by atoms with Gasteiger partial charge in [0, 0.05) is 4.88 Å². The van der Waals surface area contributed by atoms with Gasteiger partial charge in [-0.3, -0.25) is 0 Å². The molecule has 0 spiro atoms. The molecule has 1 saturated carbocycles. The summed E-state index contributed by atoms with van der Waals surface area (Å²) in [4.78, 5) is 12.9. The van der Waals surface area contributed by atoms with Gasteiger partial charge in [0.2, 0.25) is 0 Å². The van der Waals surface area contributed by atoms with Gasteiger partial charge in [0.1, 0.15) is 4.88 Å². The Balaban J connectivity index is 2.21. The number of methoxy groups -OCH3 is 1. The highest BCUT2D eigenvalue weighted by atomic mass is 32.1. The first kappa shape index (κ1) is 9.68. The molecule has 1 fully saturated rings. The van der Waals surface area contributed by atoms with Crippen LogP contribution in [-0.2, 0) is 10.3 Å². The summed E-state index contributed by atoms with van der Waals surface area (Å²) in [7, 11) is 1.39. The lowest BCUT2D eigenvalue weighted by Crippen LogP contribution is -2.42. The van der Waals surface area contributed by atoms with E-state index in [0.29, 0.717) is 4.88 Å². The van der Waals surface area contributed by atoms with Crippen molar-refractivity contribution >= 4 is 17.3 Å². The van der Waals surface area contributed by atoms with Gasteiger partial charge < -0.3 is 10.5 Å². The van der Waals surface area contributed by atoms with Crippen molar-refractivity contribution in [1.29, 1.82) is 0 Å². The van der Waals surface area contributed by atoms with Crippen LogP contribution in [0.3, 0.4) is 0 Å². The third kappa shape index (κ3) is 1.44. The van der Waals surface area contributed by atoms with Crippen LogP contribution in [-0.4, -0.2) is 13.1 Å². The Morgan fingerprint density at radius 2 is 2.29 bits per heavy atom. The van der Waals surface area contributed by atoms with E-state index in [1.165, 1.54) is 24.9 Å². The standard InChI is InChI=1S/C10H13NO2S/c1-13-9(12)7-3-4-8(14-7)10(11)5-2-6-10/h3-4H,2,5-6,11H2,1H3. The minimum Gasteiger partial charge on any atom is -0.465 e. The van der Waals surface area contributed by atoms with Crippen molar-refractivity contribution in [2.45, 2.75) is 24.8 Å². The highest BCUT2D eigenvalue weighted by molar-refractivity contribution is 7.14. The molecule has 0 aliphatic heterocycles. The fourth-order valence-electron chi connectivity index (χ4n) is 1.62. The lowest BCUT2D eigenvalue weighted by Gasteiger charge is -2.37.